The third-order valence-corrected chi connectivity index (χ3v) is 2.51. The number of hydrogen-bond acceptors (Lipinski definition) is 5. The average Bonchev–Trinajstić information content (AvgIpc) is 2.31. The molecule has 0 aromatic heterocycles. The van der Waals surface area contributed by atoms with Gasteiger partial charge in [0.25, 0.3) is 0 Å². The first-order valence-electron chi connectivity index (χ1n) is 4.98. The molecule has 0 saturated carbocycles. The number of hydrogen-bond donors (Lipinski definition) is 1. The third kappa shape index (κ3) is 6.21. The zero-order valence-electron chi connectivity index (χ0n) is 10.2. The van der Waals surface area contributed by atoms with Gasteiger partial charge < -0.3 is 9.53 Å². The topological polar surface area (TPSA) is 55.4 Å². The van der Waals surface area contributed by atoms with Crippen molar-refractivity contribution < 1.29 is 14.3 Å². The molecule has 1 rings (SSSR count). The van der Waals surface area contributed by atoms with Gasteiger partial charge in [0.2, 0.25) is 0 Å². The van der Waals surface area contributed by atoms with Gasteiger partial charge in [0.15, 0.2) is 6.29 Å². The second-order valence-electron chi connectivity index (χ2n) is 3.08. The predicted molar refractivity (Wildman–Crippen MR) is 69.4 cm³/mol. The van der Waals surface area contributed by atoms with Gasteiger partial charge in [-0.1, -0.05) is 12.1 Å². The van der Waals surface area contributed by atoms with Crippen molar-refractivity contribution in [1.29, 1.82) is 0 Å². The number of nitrogens with one attached hydrogen (secondary N) is 1. The lowest BCUT2D eigenvalue weighted by atomic mass is 10.1. The highest BCUT2D eigenvalue weighted by atomic mass is 32.2. The van der Waals surface area contributed by atoms with Gasteiger partial charge >= 0.3 is 0 Å². The zero-order valence-corrected chi connectivity index (χ0v) is 11.0. The number of carbonyl (C=O) groups excluding carboxylic acids is 2. The summed E-state index contributed by atoms with van der Waals surface area (Å²) >= 11 is 1.37. The molecule has 1 aromatic rings. The van der Waals surface area contributed by atoms with E-state index >= 15 is 0 Å². The van der Waals surface area contributed by atoms with Gasteiger partial charge in [-0.3, -0.25) is 9.52 Å². The number of benzene rings is 1. The highest BCUT2D eigenvalue weighted by Crippen LogP contribution is 2.20. The van der Waals surface area contributed by atoms with Crippen LogP contribution in [0.1, 0.15) is 15.9 Å². The molecule has 0 radical (unpaired) electrons. The van der Waals surface area contributed by atoms with Crippen LogP contribution in [0, 0.1) is 0 Å². The van der Waals surface area contributed by atoms with Gasteiger partial charge in [0.05, 0.1) is 0 Å². The fourth-order valence-electron chi connectivity index (χ4n) is 1.10. The number of carbonyl (C=O) groups is 2. The second-order valence-corrected chi connectivity index (χ2v) is 4.13. The van der Waals surface area contributed by atoms with Crippen LogP contribution in [0.3, 0.4) is 0 Å². The molecular weight excluding hydrogens is 238 g/mol. The van der Waals surface area contributed by atoms with Gasteiger partial charge in [-0.2, -0.15) is 0 Å². The Labute approximate surface area is 106 Å². The molecule has 1 aromatic carbocycles. The standard InChI is InChI=1S/C10H11NO2S.C2H6O/c1-11-14-10-6-8(4-5-12)2-3-9(10)7-13;1-3-2/h2-3,5-7,11H,4H2,1H3;1-2H3. The quantitative estimate of drug-likeness (QED) is 0.641. The van der Waals surface area contributed by atoms with Crippen LogP contribution in [-0.2, 0) is 16.0 Å². The van der Waals surface area contributed by atoms with Crippen molar-refractivity contribution in [3.8, 4) is 0 Å². The second kappa shape index (κ2) is 10.0. The SMILES string of the molecule is CNSc1cc(CC=O)ccc1C=O.COC. The van der Waals surface area contributed by atoms with Crippen molar-refractivity contribution in [2.24, 2.45) is 0 Å². The van der Waals surface area contributed by atoms with E-state index in [4.69, 9.17) is 0 Å². The maximum absolute atomic E-state index is 10.7. The molecule has 0 aliphatic heterocycles. The summed E-state index contributed by atoms with van der Waals surface area (Å²) in [5.74, 6) is 0. The van der Waals surface area contributed by atoms with Crippen LogP contribution in [-0.4, -0.2) is 33.8 Å². The summed E-state index contributed by atoms with van der Waals surface area (Å²) in [5, 5.41) is 0. The Bertz CT molecular complexity index is 356. The highest BCUT2D eigenvalue weighted by Gasteiger charge is 2.02. The van der Waals surface area contributed by atoms with Gasteiger partial charge in [-0.15, -0.1) is 0 Å². The molecule has 0 aliphatic carbocycles. The van der Waals surface area contributed by atoms with Crippen molar-refractivity contribution in [2.45, 2.75) is 11.3 Å². The summed E-state index contributed by atoms with van der Waals surface area (Å²) in [6.45, 7) is 0. The van der Waals surface area contributed by atoms with E-state index in [2.05, 4.69) is 9.46 Å². The maximum Gasteiger partial charge on any atom is 0.151 e. The molecule has 1 N–H and O–H groups in total. The summed E-state index contributed by atoms with van der Waals surface area (Å²) in [7, 11) is 5.03. The van der Waals surface area contributed by atoms with Crippen LogP contribution < -0.4 is 4.72 Å². The largest absolute Gasteiger partial charge is 0.388 e. The summed E-state index contributed by atoms with van der Waals surface area (Å²) in [5.41, 5.74) is 1.56. The molecule has 5 heteroatoms. The van der Waals surface area contributed by atoms with E-state index in [-0.39, 0.29) is 0 Å². The number of aldehydes is 2. The lowest BCUT2D eigenvalue weighted by Crippen LogP contribution is -1.96. The molecule has 0 saturated heterocycles. The first-order chi connectivity index (χ1) is 8.23. The summed E-state index contributed by atoms with van der Waals surface area (Å²) in [4.78, 5) is 21.8. The average molecular weight is 255 g/mol. The minimum atomic E-state index is 0.385. The number of methoxy groups -OCH3 is 1. The van der Waals surface area contributed by atoms with E-state index in [0.29, 0.717) is 12.0 Å². The fraction of sp³-hybridized carbons (Fsp3) is 0.333. The summed E-state index contributed by atoms with van der Waals surface area (Å²) in [6.07, 6.45) is 2.05. The van der Waals surface area contributed by atoms with Gasteiger partial charge in [0, 0.05) is 31.1 Å². The Morgan fingerprint density at radius 2 is 2.00 bits per heavy atom. The molecule has 0 fully saturated rings. The Morgan fingerprint density at radius 3 is 2.47 bits per heavy atom. The smallest absolute Gasteiger partial charge is 0.151 e. The Balaban J connectivity index is 0.000000770. The van der Waals surface area contributed by atoms with Crippen LogP contribution in [0.25, 0.3) is 0 Å². The van der Waals surface area contributed by atoms with Crippen molar-refractivity contribution in [1.82, 2.24) is 4.72 Å². The lowest BCUT2D eigenvalue weighted by Gasteiger charge is -2.04. The molecule has 0 spiro atoms. The zero-order chi connectivity index (χ0) is 13.1. The first-order valence-corrected chi connectivity index (χ1v) is 5.80. The Kier molecular flexibility index (Phi) is 9.33. The molecule has 4 nitrogen and oxygen atoms in total. The fourth-order valence-corrected chi connectivity index (χ4v) is 1.76. The minimum Gasteiger partial charge on any atom is -0.388 e. The molecule has 0 bridgehead atoms. The van der Waals surface area contributed by atoms with Crippen LogP contribution >= 0.6 is 11.9 Å². The maximum atomic E-state index is 10.7. The van der Waals surface area contributed by atoms with Crippen LogP contribution in [0.15, 0.2) is 23.1 Å². The van der Waals surface area contributed by atoms with Crippen LogP contribution in [0.2, 0.25) is 0 Å². The third-order valence-electron chi connectivity index (χ3n) is 1.74. The number of rotatable bonds is 5. The van der Waals surface area contributed by atoms with Crippen molar-refractivity contribution in [3.05, 3.63) is 29.3 Å². The van der Waals surface area contributed by atoms with E-state index in [0.717, 1.165) is 23.0 Å². The van der Waals surface area contributed by atoms with Crippen molar-refractivity contribution >= 4 is 24.5 Å². The first kappa shape index (κ1) is 15.8. The summed E-state index contributed by atoms with van der Waals surface area (Å²) in [6, 6.07) is 5.36. The Hall–Kier alpha value is -1.17. The van der Waals surface area contributed by atoms with Crippen LogP contribution in [0.4, 0.5) is 0 Å². The molecule has 17 heavy (non-hydrogen) atoms. The molecule has 0 atom stereocenters. The van der Waals surface area contributed by atoms with Crippen LogP contribution in [0.5, 0.6) is 0 Å². The molecule has 0 unspecified atom stereocenters. The van der Waals surface area contributed by atoms with E-state index in [1.165, 1.54) is 11.9 Å². The van der Waals surface area contributed by atoms with Gasteiger partial charge in [0.1, 0.15) is 6.29 Å². The van der Waals surface area contributed by atoms with E-state index < -0.39 is 0 Å². The van der Waals surface area contributed by atoms with Gasteiger partial charge in [-0.05, 0) is 30.6 Å². The molecule has 0 heterocycles. The minimum absolute atomic E-state index is 0.385. The molecular formula is C12H17NO3S. The van der Waals surface area contributed by atoms with Crippen molar-refractivity contribution in [2.75, 3.05) is 21.3 Å². The normalized spacial score (nSPS) is 9.12. The van der Waals surface area contributed by atoms with E-state index in [1.807, 2.05) is 6.07 Å². The van der Waals surface area contributed by atoms with E-state index in [1.54, 1.807) is 33.4 Å². The predicted octanol–water partition coefficient (Wildman–Crippen LogP) is 1.73. The summed E-state index contributed by atoms with van der Waals surface area (Å²) < 4.78 is 7.15. The molecule has 94 valence electrons. The lowest BCUT2D eigenvalue weighted by molar-refractivity contribution is -0.107. The highest BCUT2D eigenvalue weighted by molar-refractivity contribution is 7.97. The van der Waals surface area contributed by atoms with Crippen molar-refractivity contribution in [3.63, 3.8) is 0 Å². The molecule has 0 aliphatic rings. The monoisotopic (exact) mass is 255 g/mol. The number of ether oxygens (including phenoxy) is 1. The molecule has 0 amide bonds. The van der Waals surface area contributed by atoms with Gasteiger partial charge in [-0.25, -0.2) is 0 Å². The Morgan fingerprint density at radius 1 is 1.35 bits per heavy atom. The van der Waals surface area contributed by atoms with E-state index in [9.17, 15) is 9.59 Å².